The van der Waals surface area contributed by atoms with Crippen molar-refractivity contribution >= 4 is 33.9 Å². The van der Waals surface area contributed by atoms with Crippen LogP contribution < -0.4 is 4.72 Å². The molecule has 1 atom stereocenters. The maximum Gasteiger partial charge on any atom is 0.256 e. The number of carbonyl (C=O) groups excluding carboxylic acids is 1. The van der Waals surface area contributed by atoms with Crippen molar-refractivity contribution in [2.24, 2.45) is 5.92 Å². The molecular weight excluding hydrogens is 427 g/mol. The SMILES string of the molecule is O=C(c1ccc(N[S+]([O-])c2cccc3cccnc23)cc1F)N1CCN(CC2CC2)CC1. The Hall–Kier alpha value is -2.68. The van der Waals surface area contributed by atoms with Crippen LogP contribution in [0.25, 0.3) is 10.9 Å². The Kier molecular flexibility index (Phi) is 5.99. The maximum absolute atomic E-state index is 14.8. The molecule has 1 amide bonds. The number of amides is 1. The molecule has 1 aliphatic carbocycles. The quantitative estimate of drug-likeness (QED) is 0.578. The summed E-state index contributed by atoms with van der Waals surface area (Å²) in [4.78, 5) is 21.8. The highest BCUT2D eigenvalue weighted by atomic mass is 32.2. The molecule has 5 rings (SSSR count). The van der Waals surface area contributed by atoms with Crippen molar-refractivity contribution in [2.45, 2.75) is 17.7 Å². The van der Waals surface area contributed by atoms with Crippen LogP contribution in [0.5, 0.6) is 0 Å². The maximum atomic E-state index is 14.8. The highest BCUT2D eigenvalue weighted by Crippen LogP contribution is 2.30. The van der Waals surface area contributed by atoms with Gasteiger partial charge in [-0.2, -0.15) is 0 Å². The van der Waals surface area contributed by atoms with E-state index in [1.165, 1.54) is 25.0 Å². The van der Waals surface area contributed by atoms with Crippen LogP contribution in [-0.4, -0.2) is 58.0 Å². The fraction of sp³-hybridized carbons (Fsp3) is 0.333. The Morgan fingerprint density at radius 1 is 1.12 bits per heavy atom. The van der Waals surface area contributed by atoms with E-state index >= 15 is 0 Å². The van der Waals surface area contributed by atoms with Gasteiger partial charge in [-0.15, -0.1) is 0 Å². The van der Waals surface area contributed by atoms with Crippen molar-refractivity contribution in [1.82, 2.24) is 14.8 Å². The molecule has 1 aliphatic heterocycles. The highest BCUT2D eigenvalue weighted by molar-refractivity contribution is 7.93. The Balaban J connectivity index is 1.25. The molecule has 1 aromatic heterocycles. The van der Waals surface area contributed by atoms with Crippen molar-refractivity contribution in [1.29, 1.82) is 0 Å². The fourth-order valence-electron chi connectivity index (χ4n) is 4.11. The van der Waals surface area contributed by atoms with Gasteiger partial charge in [0.05, 0.1) is 11.3 Å². The molecule has 166 valence electrons. The van der Waals surface area contributed by atoms with Gasteiger partial charge in [-0.05, 0) is 43.0 Å². The number of piperazine rings is 1. The number of rotatable bonds is 6. The van der Waals surface area contributed by atoms with Crippen LogP contribution >= 0.6 is 0 Å². The number of hydrogen-bond donors (Lipinski definition) is 1. The molecule has 1 N–H and O–H groups in total. The van der Waals surface area contributed by atoms with E-state index in [-0.39, 0.29) is 11.5 Å². The number of para-hydroxylation sites is 1. The molecule has 32 heavy (non-hydrogen) atoms. The number of anilines is 1. The highest BCUT2D eigenvalue weighted by Gasteiger charge is 2.29. The summed E-state index contributed by atoms with van der Waals surface area (Å²) in [6, 6.07) is 13.4. The third kappa shape index (κ3) is 4.57. The summed E-state index contributed by atoms with van der Waals surface area (Å²) in [6.45, 7) is 4.01. The number of benzene rings is 2. The number of fused-ring (bicyclic) bond motifs is 1. The van der Waals surface area contributed by atoms with Crippen LogP contribution in [0.2, 0.25) is 0 Å². The van der Waals surface area contributed by atoms with E-state index in [2.05, 4.69) is 14.6 Å². The molecular formula is C24H25FN4O2S. The van der Waals surface area contributed by atoms with E-state index in [0.717, 1.165) is 30.9 Å². The van der Waals surface area contributed by atoms with Crippen LogP contribution in [0.15, 0.2) is 59.6 Å². The van der Waals surface area contributed by atoms with Crippen LogP contribution in [-0.2, 0) is 11.4 Å². The average Bonchev–Trinajstić information content (AvgIpc) is 3.63. The van der Waals surface area contributed by atoms with Gasteiger partial charge >= 0.3 is 0 Å². The van der Waals surface area contributed by atoms with E-state index in [1.807, 2.05) is 24.3 Å². The average molecular weight is 453 g/mol. The lowest BCUT2D eigenvalue weighted by Crippen LogP contribution is -2.49. The van der Waals surface area contributed by atoms with Crippen molar-refractivity contribution in [3.8, 4) is 0 Å². The second kappa shape index (κ2) is 9.05. The van der Waals surface area contributed by atoms with Gasteiger partial charge in [0.25, 0.3) is 5.91 Å². The van der Waals surface area contributed by atoms with Crippen molar-refractivity contribution < 1.29 is 13.7 Å². The van der Waals surface area contributed by atoms with Crippen molar-refractivity contribution in [3.63, 3.8) is 0 Å². The number of carbonyl (C=O) groups is 1. The van der Waals surface area contributed by atoms with Gasteiger partial charge in [-0.3, -0.25) is 14.7 Å². The predicted octanol–water partition coefficient (Wildman–Crippen LogP) is 3.68. The van der Waals surface area contributed by atoms with Crippen LogP contribution in [0, 0.1) is 11.7 Å². The first-order valence-electron chi connectivity index (χ1n) is 10.9. The molecule has 0 bridgehead atoms. The lowest BCUT2D eigenvalue weighted by atomic mass is 10.1. The summed E-state index contributed by atoms with van der Waals surface area (Å²) in [6.07, 6.45) is 4.27. The zero-order valence-corrected chi connectivity index (χ0v) is 18.5. The monoisotopic (exact) mass is 452 g/mol. The molecule has 2 aliphatic rings. The molecule has 2 fully saturated rings. The van der Waals surface area contributed by atoms with Gasteiger partial charge in [0.2, 0.25) is 4.90 Å². The van der Waals surface area contributed by atoms with Gasteiger partial charge in [-0.25, -0.2) is 9.11 Å². The van der Waals surface area contributed by atoms with Gasteiger partial charge in [0.1, 0.15) is 22.7 Å². The largest absolute Gasteiger partial charge is 0.588 e. The smallest absolute Gasteiger partial charge is 0.256 e. The number of hydrogen-bond acceptors (Lipinski definition) is 5. The summed E-state index contributed by atoms with van der Waals surface area (Å²) < 4.78 is 30.5. The molecule has 8 heteroatoms. The minimum Gasteiger partial charge on any atom is -0.588 e. The van der Waals surface area contributed by atoms with E-state index in [0.29, 0.717) is 29.2 Å². The fourth-order valence-corrected chi connectivity index (χ4v) is 5.11. The van der Waals surface area contributed by atoms with Crippen LogP contribution in [0.1, 0.15) is 23.2 Å². The Labute approximate surface area is 189 Å². The van der Waals surface area contributed by atoms with Gasteiger partial charge in [0, 0.05) is 50.4 Å². The molecule has 6 nitrogen and oxygen atoms in total. The molecule has 3 aromatic rings. The normalized spacial score (nSPS) is 18.0. The number of nitrogens with one attached hydrogen (secondary N) is 1. The standard InChI is InChI=1S/C24H25FN4O2S/c25-21-15-19(27-32(31)22-5-1-3-18-4-2-10-26-23(18)22)8-9-20(21)24(30)29-13-11-28(12-14-29)16-17-6-7-17/h1-5,8-10,15,17,27H,6-7,11-14,16H2. The van der Waals surface area contributed by atoms with Crippen molar-refractivity contribution in [3.05, 3.63) is 66.1 Å². The topological polar surface area (TPSA) is 71.5 Å². The second-order valence-corrected chi connectivity index (χ2v) is 9.61. The number of halogens is 1. The number of pyridine rings is 1. The van der Waals surface area contributed by atoms with Gasteiger partial charge in [-0.1, -0.05) is 18.2 Å². The number of nitrogens with zero attached hydrogens (tertiary/aromatic N) is 3. The molecule has 0 spiro atoms. The lowest BCUT2D eigenvalue weighted by Gasteiger charge is -2.34. The zero-order valence-electron chi connectivity index (χ0n) is 17.7. The number of aromatic nitrogens is 1. The molecule has 2 heterocycles. The van der Waals surface area contributed by atoms with E-state index < -0.39 is 17.2 Å². The van der Waals surface area contributed by atoms with Gasteiger partial charge in [0.15, 0.2) is 0 Å². The first-order chi connectivity index (χ1) is 15.6. The Morgan fingerprint density at radius 3 is 2.66 bits per heavy atom. The second-order valence-electron chi connectivity index (χ2n) is 8.43. The van der Waals surface area contributed by atoms with Crippen LogP contribution in [0.4, 0.5) is 10.1 Å². The Bertz CT molecular complexity index is 1130. The van der Waals surface area contributed by atoms with E-state index in [1.54, 1.807) is 23.2 Å². The summed E-state index contributed by atoms with van der Waals surface area (Å²) in [7, 11) is 0. The van der Waals surface area contributed by atoms with E-state index in [9.17, 15) is 13.7 Å². The summed E-state index contributed by atoms with van der Waals surface area (Å²) in [5, 5.41) is 0.879. The summed E-state index contributed by atoms with van der Waals surface area (Å²) in [5.41, 5.74) is 1.03. The van der Waals surface area contributed by atoms with Crippen molar-refractivity contribution in [2.75, 3.05) is 37.4 Å². The first kappa shape index (κ1) is 21.2. The predicted molar refractivity (Wildman–Crippen MR) is 123 cm³/mol. The minimum atomic E-state index is -1.62. The molecule has 0 radical (unpaired) electrons. The zero-order chi connectivity index (χ0) is 22.1. The molecule has 2 aromatic carbocycles. The third-order valence-electron chi connectivity index (χ3n) is 6.08. The van der Waals surface area contributed by atoms with E-state index in [4.69, 9.17) is 0 Å². The van der Waals surface area contributed by atoms with Crippen LogP contribution in [0.3, 0.4) is 0 Å². The minimum absolute atomic E-state index is 0.0452. The lowest BCUT2D eigenvalue weighted by molar-refractivity contribution is 0.0627. The third-order valence-corrected chi connectivity index (χ3v) is 7.23. The summed E-state index contributed by atoms with van der Waals surface area (Å²) in [5.74, 6) is -0.0853. The molecule has 1 unspecified atom stereocenters. The molecule has 1 saturated carbocycles. The molecule has 1 saturated heterocycles. The van der Waals surface area contributed by atoms with Gasteiger partial charge < -0.3 is 9.45 Å². The summed E-state index contributed by atoms with van der Waals surface area (Å²) >= 11 is -1.62. The first-order valence-corrected chi connectivity index (χ1v) is 12.1. The Morgan fingerprint density at radius 2 is 1.91 bits per heavy atom.